The summed E-state index contributed by atoms with van der Waals surface area (Å²) in [6.07, 6.45) is 0. The van der Waals surface area contributed by atoms with Crippen LogP contribution in [0.3, 0.4) is 0 Å². The molecule has 0 rings (SSSR count). The average molecular weight is 172 g/mol. The van der Waals surface area contributed by atoms with Crippen LogP contribution >= 0.6 is 0 Å². The van der Waals surface area contributed by atoms with Crippen LogP contribution in [0.2, 0.25) is 0 Å². The molecule has 0 saturated carbocycles. The SMILES string of the molecule is [CH2]C(=O)[O-].[CH2]C(=O)[O-].[Fe+2]. The number of carbonyl (C=O) groups excluding carboxylic acids is 2. The van der Waals surface area contributed by atoms with Crippen LogP contribution in [0.4, 0.5) is 0 Å². The fraction of sp³-hybridized carbons (Fsp3) is 0. The van der Waals surface area contributed by atoms with E-state index in [2.05, 4.69) is 13.8 Å². The van der Waals surface area contributed by atoms with E-state index in [1.165, 1.54) is 0 Å². The molecule has 0 saturated heterocycles. The van der Waals surface area contributed by atoms with Crippen LogP contribution in [0, 0.1) is 13.8 Å². The molecule has 0 aliphatic carbocycles. The van der Waals surface area contributed by atoms with Gasteiger partial charge in [0.05, 0.1) is 0 Å². The Balaban J connectivity index is -0.0000000720. The molecule has 0 heterocycles. The molecule has 0 N–H and O–H groups in total. The molecule has 0 aliphatic heterocycles. The predicted molar refractivity (Wildman–Crippen MR) is 20.7 cm³/mol. The first kappa shape index (κ1) is 15.8. The first-order valence-corrected chi connectivity index (χ1v) is 1.52. The standard InChI is InChI=1S/2C2H3O2.Fe/c2*1-2(3)4;/h2*1H2,(H,3,4);/q;;+2/p-2. The molecule has 0 fully saturated rings. The van der Waals surface area contributed by atoms with Gasteiger partial charge in [0.25, 0.3) is 0 Å². The van der Waals surface area contributed by atoms with Crippen molar-refractivity contribution < 1.29 is 36.9 Å². The summed E-state index contributed by atoms with van der Waals surface area (Å²) in [6, 6.07) is 0. The first-order valence-electron chi connectivity index (χ1n) is 1.52. The third-order valence-electron chi connectivity index (χ3n) is 0. The van der Waals surface area contributed by atoms with Crippen molar-refractivity contribution in [3.63, 3.8) is 0 Å². The monoisotopic (exact) mass is 172 g/mol. The molecule has 0 amide bonds. The van der Waals surface area contributed by atoms with Gasteiger partial charge in [-0.25, -0.2) is 0 Å². The summed E-state index contributed by atoms with van der Waals surface area (Å²) in [4.78, 5) is 17.6. The maximum Gasteiger partial charge on any atom is 2.00 e. The molecule has 2 radical (unpaired) electrons. The van der Waals surface area contributed by atoms with E-state index < -0.39 is 11.9 Å². The second-order valence-electron chi connectivity index (χ2n) is 0.744. The number of aliphatic carboxylic acids is 2. The number of carboxylic acid groups (broad SMARTS) is 2. The van der Waals surface area contributed by atoms with E-state index in [9.17, 15) is 0 Å². The molecule has 0 aromatic carbocycles. The molecule has 0 atom stereocenters. The Morgan fingerprint density at radius 1 is 1.00 bits per heavy atom. The zero-order valence-corrected chi connectivity index (χ0v) is 5.50. The normalized spacial score (nSPS) is 5.56. The number of rotatable bonds is 0. The van der Waals surface area contributed by atoms with E-state index in [4.69, 9.17) is 19.8 Å². The van der Waals surface area contributed by atoms with Crippen molar-refractivity contribution in [3.8, 4) is 0 Å². The second-order valence-corrected chi connectivity index (χ2v) is 0.744. The number of hydrogen-bond acceptors (Lipinski definition) is 4. The van der Waals surface area contributed by atoms with Gasteiger partial charge in [-0.1, -0.05) is 0 Å². The van der Waals surface area contributed by atoms with Crippen LogP contribution in [-0.4, -0.2) is 11.9 Å². The van der Waals surface area contributed by atoms with Crippen molar-refractivity contribution in [1.82, 2.24) is 0 Å². The minimum atomic E-state index is -1.33. The van der Waals surface area contributed by atoms with E-state index in [-0.39, 0.29) is 17.1 Å². The molecule has 4 nitrogen and oxygen atoms in total. The summed E-state index contributed by atoms with van der Waals surface area (Å²) >= 11 is 0. The van der Waals surface area contributed by atoms with E-state index >= 15 is 0 Å². The van der Waals surface area contributed by atoms with Gasteiger partial charge < -0.3 is 19.8 Å². The molecule has 5 heteroatoms. The maximum absolute atomic E-state index is 8.78. The van der Waals surface area contributed by atoms with Crippen molar-refractivity contribution in [2.24, 2.45) is 0 Å². The van der Waals surface area contributed by atoms with Crippen molar-refractivity contribution in [1.29, 1.82) is 0 Å². The molecule has 0 bridgehead atoms. The van der Waals surface area contributed by atoms with E-state index in [0.717, 1.165) is 0 Å². The van der Waals surface area contributed by atoms with Crippen molar-refractivity contribution in [3.05, 3.63) is 13.8 Å². The Bertz CT molecular complexity index is 70.6. The summed E-state index contributed by atoms with van der Waals surface area (Å²) in [7, 11) is 0. The summed E-state index contributed by atoms with van der Waals surface area (Å²) in [5.41, 5.74) is 0. The fourth-order valence-electron chi connectivity index (χ4n) is 0. The van der Waals surface area contributed by atoms with Gasteiger partial charge in [-0.2, -0.15) is 0 Å². The molecule has 0 unspecified atom stereocenters. The molecule has 52 valence electrons. The smallest absolute Gasteiger partial charge is 0.550 e. The second kappa shape index (κ2) is 10.4. The van der Waals surface area contributed by atoms with E-state index in [1.54, 1.807) is 0 Å². The van der Waals surface area contributed by atoms with Crippen LogP contribution in [-0.2, 0) is 26.7 Å². The average Bonchev–Trinajstić information content (AvgIpc) is 1.25. The van der Waals surface area contributed by atoms with Crippen LogP contribution in [0.5, 0.6) is 0 Å². The fourth-order valence-corrected chi connectivity index (χ4v) is 0. The van der Waals surface area contributed by atoms with Gasteiger partial charge >= 0.3 is 17.1 Å². The van der Waals surface area contributed by atoms with Crippen molar-refractivity contribution >= 4 is 11.9 Å². The van der Waals surface area contributed by atoms with Gasteiger partial charge in [0.1, 0.15) is 0 Å². The Kier molecular flexibility index (Phi) is 18.3. The van der Waals surface area contributed by atoms with Crippen LogP contribution < -0.4 is 10.2 Å². The molecule has 0 aliphatic rings. The maximum atomic E-state index is 8.78. The van der Waals surface area contributed by atoms with Gasteiger partial charge in [0, 0.05) is 11.9 Å². The van der Waals surface area contributed by atoms with E-state index in [1.807, 2.05) is 0 Å². The zero-order valence-electron chi connectivity index (χ0n) is 4.40. The molecular formula is C4H4FeO4. The molecular weight excluding hydrogens is 168 g/mol. The number of hydrogen-bond donors (Lipinski definition) is 0. The third-order valence-corrected chi connectivity index (χ3v) is 0. The Morgan fingerprint density at radius 2 is 1.00 bits per heavy atom. The quantitative estimate of drug-likeness (QED) is 0.368. The minimum absolute atomic E-state index is 0. The molecule has 0 spiro atoms. The summed E-state index contributed by atoms with van der Waals surface area (Å²) in [5.74, 6) is -2.67. The van der Waals surface area contributed by atoms with Crippen LogP contribution in [0.1, 0.15) is 0 Å². The number of carboxylic acids is 2. The van der Waals surface area contributed by atoms with Crippen molar-refractivity contribution in [2.45, 2.75) is 0 Å². The zero-order chi connectivity index (χ0) is 7.15. The van der Waals surface area contributed by atoms with E-state index in [0.29, 0.717) is 0 Å². The summed E-state index contributed by atoms with van der Waals surface area (Å²) in [6.45, 7) is 4.89. The first-order chi connectivity index (χ1) is 3.46. The van der Waals surface area contributed by atoms with Gasteiger partial charge in [-0.15, -0.1) is 0 Å². The Labute approximate surface area is 63.3 Å². The van der Waals surface area contributed by atoms with Crippen LogP contribution in [0.25, 0.3) is 0 Å². The topological polar surface area (TPSA) is 80.3 Å². The van der Waals surface area contributed by atoms with Crippen molar-refractivity contribution in [2.75, 3.05) is 0 Å². The largest absolute Gasteiger partial charge is 2.00 e. The number of carbonyl (C=O) groups is 2. The summed E-state index contributed by atoms with van der Waals surface area (Å²) < 4.78 is 0. The predicted octanol–water partition coefficient (Wildman–Crippen LogP) is -2.86. The Morgan fingerprint density at radius 3 is 1.00 bits per heavy atom. The minimum Gasteiger partial charge on any atom is -0.550 e. The van der Waals surface area contributed by atoms with Crippen LogP contribution in [0.15, 0.2) is 0 Å². The molecule has 9 heavy (non-hydrogen) atoms. The van der Waals surface area contributed by atoms with Gasteiger partial charge in [0.2, 0.25) is 0 Å². The van der Waals surface area contributed by atoms with Gasteiger partial charge in [-0.05, 0) is 13.8 Å². The van der Waals surface area contributed by atoms with Gasteiger partial charge in [-0.3, -0.25) is 0 Å². The van der Waals surface area contributed by atoms with Gasteiger partial charge in [0.15, 0.2) is 0 Å². The third kappa shape index (κ3) is 761. The summed E-state index contributed by atoms with van der Waals surface area (Å²) in [5, 5.41) is 17.6. The molecule has 0 aromatic rings. The Hall–Kier alpha value is -0.541. The molecule has 0 aromatic heterocycles.